The Kier molecular flexibility index (Phi) is 4.24. The lowest BCUT2D eigenvalue weighted by Gasteiger charge is -2.14. The summed E-state index contributed by atoms with van der Waals surface area (Å²) in [5, 5.41) is 4.60. The Morgan fingerprint density at radius 2 is 2.23 bits per heavy atom. The molecule has 1 aliphatic heterocycles. The molecule has 26 heavy (non-hydrogen) atoms. The van der Waals surface area contributed by atoms with E-state index in [-0.39, 0.29) is 23.7 Å². The Balaban J connectivity index is 1.52. The number of hydrogen-bond donors (Lipinski definition) is 1. The lowest BCUT2D eigenvalue weighted by atomic mass is 10.0. The molecule has 2 atom stereocenters. The minimum Gasteiger partial charge on any atom is -0.379 e. The number of aromatic amines is 1. The fraction of sp³-hybridized carbons (Fsp3) is 0.368. The summed E-state index contributed by atoms with van der Waals surface area (Å²) in [6, 6.07) is 8.02. The predicted molar refractivity (Wildman–Crippen MR) is 93.4 cm³/mol. The first-order chi connectivity index (χ1) is 12.5. The van der Waals surface area contributed by atoms with E-state index in [9.17, 15) is 9.18 Å². The summed E-state index contributed by atoms with van der Waals surface area (Å²) < 4.78 is 24.2. The van der Waals surface area contributed by atoms with E-state index in [4.69, 9.17) is 9.26 Å². The van der Waals surface area contributed by atoms with Gasteiger partial charge in [-0.15, -0.1) is 0 Å². The minimum atomic E-state index is -0.321. The Bertz CT molecular complexity index is 949. The van der Waals surface area contributed by atoms with E-state index in [1.54, 1.807) is 24.1 Å². The second kappa shape index (κ2) is 6.57. The average Bonchev–Trinajstić information content (AvgIpc) is 3.32. The third-order valence-corrected chi connectivity index (χ3v) is 4.92. The largest absolute Gasteiger partial charge is 0.379 e. The van der Waals surface area contributed by atoms with Gasteiger partial charge in [-0.3, -0.25) is 4.79 Å². The van der Waals surface area contributed by atoms with Crippen molar-refractivity contribution in [1.82, 2.24) is 15.0 Å². The van der Waals surface area contributed by atoms with Gasteiger partial charge in [-0.25, -0.2) is 4.39 Å². The number of nitrogens with one attached hydrogen (secondary N) is 1. The lowest BCUT2D eigenvalue weighted by molar-refractivity contribution is 0.0669. The highest BCUT2D eigenvalue weighted by atomic mass is 19.1. The van der Waals surface area contributed by atoms with E-state index in [0.717, 1.165) is 17.0 Å². The van der Waals surface area contributed by atoms with Crippen LogP contribution in [-0.2, 0) is 11.2 Å². The monoisotopic (exact) mass is 357 g/mol. The van der Waals surface area contributed by atoms with Crippen LogP contribution in [0.25, 0.3) is 10.9 Å². The van der Waals surface area contributed by atoms with Crippen LogP contribution in [0.2, 0.25) is 0 Å². The number of amides is 1. The number of benzene rings is 1. The van der Waals surface area contributed by atoms with Gasteiger partial charge in [0.25, 0.3) is 5.91 Å². The van der Waals surface area contributed by atoms with Crippen molar-refractivity contribution < 1.29 is 18.4 Å². The lowest BCUT2D eigenvalue weighted by Crippen LogP contribution is -2.30. The zero-order valence-electron chi connectivity index (χ0n) is 14.7. The number of ether oxygens (including phenoxy) is 1. The van der Waals surface area contributed by atoms with Crippen LogP contribution in [-0.4, -0.2) is 47.3 Å². The molecule has 0 bridgehead atoms. The van der Waals surface area contributed by atoms with Gasteiger partial charge in [0.15, 0.2) is 0 Å². The van der Waals surface area contributed by atoms with Gasteiger partial charge < -0.3 is 19.1 Å². The van der Waals surface area contributed by atoms with E-state index in [0.29, 0.717) is 30.6 Å². The van der Waals surface area contributed by atoms with Gasteiger partial charge in [0.1, 0.15) is 17.3 Å². The van der Waals surface area contributed by atoms with Gasteiger partial charge in [-0.2, -0.15) is 0 Å². The molecule has 1 fully saturated rings. The van der Waals surface area contributed by atoms with Gasteiger partial charge in [0, 0.05) is 49.5 Å². The summed E-state index contributed by atoms with van der Waals surface area (Å²) in [7, 11) is 1.66. The summed E-state index contributed by atoms with van der Waals surface area (Å²) in [4.78, 5) is 17.7. The normalized spacial score (nSPS) is 20.2. The zero-order chi connectivity index (χ0) is 18.3. The maximum atomic E-state index is 13.4. The highest BCUT2D eigenvalue weighted by molar-refractivity contribution is 5.98. The van der Waals surface area contributed by atoms with Gasteiger partial charge >= 0.3 is 0 Å². The first-order valence-corrected chi connectivity index (χ1v) is 8.56. The first kappa shape index (κ1) is 16.8. The highest BCUT2D eigenvalue weighted by Crippen LogP contribution is 2.26. The van der Waals surface area contributed by atoms with Crippen LogP contribution in [0.1, 0.15) is 21.9 Å². The number of H-pyrrole nitrogens is 1. The number of carbonyl (C=O) groups is 1. The van der Waals surface area contributed by atoms with Crippen molar-refractivity contribution in [3.63, 3.8) is 0 Å². The third kappa shape index (κ3) is 3.10. The molecule has 1 aromatic carbocycles. The van der Waals surface area contributed by atoms with Crippen molar-refractivity contribution in [3.05, 3.63) is 53.3 Å². The molecule has 1 aliphatic rings. The Morgan fingerprint density at radius 3 is 2.96 bits per heavy atom. The van der Waals surface area contributed by atoms with Crippen LogP contribution in [0, 0.1) is 18.7 Å². The number of hydrogen-bond acceptors (Lipinski definition) is 4. The topological polar surface area (TPSA) is 71.4 Å². The summed E-state index contributed by atoms with van der Waals surface area (Å²) >= 11 is 0. The van der Waals surface area contributed by atoms with Crippen LogP contribution in [0.5, 0.6) is 0 Å². The molecule has 7 heteroatoms. The third-order valence-electron chi connectivity index (χ3n) is 4.92. The Labute approximate surface area is 149 Å². The summed E-state index contributed by atoms with van der Waals surface area (Å²) in [5.74, 6) is 0.501. The number of aromatic nitrogens is 2. The van der Waals surface area contributed by atoms with Crippen LogP contribution < -0.4 is 0 Å². The molecule has 4 rings (SSSR count). The number of methoxy groups -OCH3 is 1. The van der Waals surface area contributed by atoms with Crippen LogP contribution in [0.3, 0.4) is 0 Å². The molecule has 6 nitrogen and oxygen atoms in total. The number of halogens is 1. The smallest absolute Gasteiger partial charge is 0.270 e. The summed E-state index contributed by atoms with van der Waals surface area (Å²) in [6.45, 7) is 2.96. The van der Waals surface area contributed by atoms with E-state index in [1.807, 2.05) is 13.0 Å². The number of likely N-dealkylation sites (tertiary alicyclic amines) is 1. The molecule has 1 saturated heterocycles. The van der Waals surface area contributed by atoms with Crippen LogP contribution >= 0.6 is 0 Å². The van der Waals surface area contributed by atoms with Crippen molar-refractivity contribution in [1.29, 1.82) is 0 Å². The molecule has 0 radical (unpaired) electrons. The predicted octanol–water partition coefficient (Wildman–Crippen LogP) is 2.93. The molecule has 2 unspecified atom stereocenters. The molecule has 1 amide bonds. The maximum absolute atomic E-state index is 13.4. The van der Waals surface area contributed by atoms with E-state index in [2.05, 4.69) is 10.1 Å². The first-order valence-electron chi connectivity index (χ1n) is 8.56. The molecule has 0 spiro atoms. The molecular formula is C19H20FN3O3. The Morgan fingerprint density at radius 1 is 1.38 bits per heavy atom. The Hall–Kier alpha value is -2.67. The van der Waals surface area contributed by atoms with Gasteiger partial charge in [-0.05, 0) is 31.2 Å². The fourth-order valence-corrected chi connectivity index (χ4v) is 3.63. The molecule has 3 heterocycles. The fourth-order valence-electron chi connectivity index (χ4n) is 3.63. The molecule has 136 valence electrons. The highest BCUT2D eigenvalue weighted by Gasteiger charge is 2.36. The number of aryl methyl sites for hydroxylation is 1. The summed E-state index contributed by atoms with van der Waals surface area (Å²) in [5.41, 5.74) is 2.03. The van der Waals surface area contributed by atoms with Crippen LogP contribution in [0.15, 0.2) is 34.9 Å². The second-order valence-electron chi connectivity index (χ2n) is 6.80. The number of nitrogens with zero attached hydrogens (tertiary/aromatic N) is 2. The van der Waals surface area contributed by atoms with Crippen LogP contribution in [0.4, 0.5) is 4.39 Å². The minimum absolute atomic E-state index is 0.0637. The van der Waals surface area contributed by atoms with Crippen molar-refractivity contribution in [2.24, 2.45) is 5.92 Å². The average molecular weight is 357 g/mol. The van der Waals surface area contributed by atoms with Gasteiger partial charge in [-0.1, -0.05) is 5.16 Å². The number of fused-ring (bicyclic) bond motifs is 1. The molecule has 0 aliphatic carbocycles. The van der Waals surface area contributed by atoms with Crippen molar-refractivity contribution >= 4 is 16.8 Å². The van der Waals surface area contributed by atoms with E-state index < -0.39 is 0 Å². The molecule has 1 N–H and O–H groups in total. The zero-order valence-corrected chi connectivity index (χ0v) is 14.7. The van der Waals surface area contributed by atoms with Gasteiger partial charge in [0.05, 0.1) is 11.8 Å². The number of rotatable bonds is 4. The number of carbonyl (C=O) groups excluding carboxylic acids is 1. The SMILES string of the molecule is COC1CN(C(=O)c2cc3cc(F)ccc3[nH]2)CC1Cc1cc(C)no1. The van der Waals surface area contributed by atoms with Crippen molar-refractivity contribution in [2.45, 2.75) is 19.4 Å². The standard InChI is InChI=1S/C19H20FN3O3/c1-11-5-15(26-22-11)7-13-9-23(10-18(13)25-2)19(24)17-8-12-6-14(20)3-4-16(12)21-17/h3-6,8,13,18,21H,7,9-10H2,1-2H3. The van der Waals surface area contributed by atoms with E-state index in [1.165, 1.54) is 12.1 Å². The molecule has 2 aromatic heterocycles. The molecule has 0 saturated carbocycles. The van der Waals surface area contributed by atoms with Crippen molar-refractivity contribution in [2.75, 3.05) is 20.2 Å². The second-order valence-corrected chi connectivity index (χ2v) is 6.80. The molecular weight excluding hydrogens is 337 g/mol. The van der Waals surface area contributed by atoms with E-state index >= 15 is 0 Å². The van der Waals surface area contributed by atoms with Crippen molar-refractivity contribution in [3.8, 4) is 0 Å². The maximum Gasteiger partial charge on any atom is 0.270 e. The summed E-state index contributed by atoms with van der Waals surface area (Å²) in [6.07, 6.45) is 0.604. The van der Waals surface area contributed by atoms with Gasteiger partial charge in [0.2, 0.25) is 0 Å². The molecule has 3 aromatic rings. The quantitative estimate of drug-likeness (QED) is 0.779.